The average Bonchev–Trinajstić information content (AvgIpc) is 2.11. The van der Waals surface area contributed by atoms with Crippen LogP contribution < -0.4 is 5.32 Å². The van der Waals surface area contributed by atoms with Gasteiger partial charge in [0.05, 0.1) is 0 Å². The third-order valence-electron chi connectivity index (χ3n) is 3.35. The van der Waals surface area contributed by atoms with E-state index in [1.165, 1.54) is 19.4 Å². The highest BCUT2D eigenvalue weighted by Gasteiger charge is 2.15. The largest absolute Gasteiger partial charge is 0.313 e. The smallest absolute Gasteiger partial charge is 0.00875 e. The van der Waals surface area contributed by atoms with Crippen LogP contribution in [0.4, 0.5) is 0 Å². The maximum Gasteiger partial charge on any atom is 0.00875 e. The molecule has 0 rings (SSSR count). The zero-order chi connectivity index (χ0) is 11.1. The van der Waals surface area contributed by atoms with Crippen LogP contribution in [0.25, 0.3) is 0 Å². The van der Waals surface area contributed by atoms with Crippen molar-refractivity contribution in [1.82, 2.24) is 5.32 Å². The number of hydrogen-bond acceptors (Lipinski definition) is 1. The van der Waals surface area contributed by atoms with Gasteiger partial charge in [-0.25, -0.2) is 0 Å². The molecule has 2 atom stereocenters. The maximum atomic E-state index is 3.70. The molecule has 0 aliphatic rings. The van der Waals surface area contributed by atoms with Gasteiger partial charge in [-0.2, -0.15) is 0 Å². The van der Waals surface area contributed by atoms with Gasteiger partial charge in [0.15, 0.2) is 0 Å². The number of rotatable bonds is 7. The Hall–Kier alpha value is -0.0400. The van der Waals surface area contributed by atoms with Gasteiger partial charge in [-0.05, 0) is 30.7 Å². The summed E-state index contributed by atoms with van der Waals surface area (Å²) < 4.78 is 0. The topological polar surface area (TPSA) is 12.0 Å². The first-order valence-corrected chi connectivity index (χ1v) is 6.26. The molecule has 0 aromatic carbocycles. The molecule has 0 fully saturated rings. The lowest BCUT2D eigenvalue weighted by Crippen LogP contribution is -2.37. The third kappa shape index (κ3) is 4.99. The maximum absolute atomic E-state index is 3.70. The van der Waals surface area contributed by atoms with Crippen LogP contribution in [0.15, 0.2) is 0 Å². The molecule has 0 aliphatic heterocycles. The first-order valence-electron chi connectivity index (χ1n) is 6.26. The second-order valence-electron chi connectivity index (χ2n) is 5.08. The summed E-state index contributed by atoms with van der Waals surface area (Å²) in [5.41, 5.74) is 0. The predicted molar refractivity (Wildman–Crippen MR) is 65.5 cm³/mol. The van der Waals surface area contributed by atoms with Gasteiger partial charge < -0.3 is 5.32 Å². The van der Waals surface area contributed by atoms with Gasteiger partial charge in [0.25, 0.3) is 0 Å². The van der Waals surface area contributed by atoms with Crippen molar-refractivity contribution in [3.8, 4) is 0 Å². The van der Waals surface area contributed by atoms with Crippen molar-refractivity contribution in [3.05, 3.63) is 0 Å². The molecule has 0 heterocycles. The van der Waals surface area contributed by atoms with Crippen LogP contribution in [0.5, 0.6) is 0 Å². The SMILES string of the molecule is CCC(CNC(CC)C(C)C)C(C)C. The molecule has 1 heteroatoms. The molecule has 0 spiro atoms. The Morgan fingerprint density at radius 2 is 1.43 bits per heavy atom. The summed E-state index contributed by atoms with van der Waals surface area (Å²) in [5.74, 6) is 2.39. The van der Waals surface area contributed by atoms with Gasteiger partial charge in [-0.15, -0.1) is 0 Å². The van der Waals surface area contributed by atoms with Crippen molar-refractivity contribution in [2.45, 2.75) is 60.4 Å². The molecule has 0 aromatic heterocycles. The van der Waals surface area contributed by atoms with Crippen molar-refractivity contribution in [2.24, 2.45) is 17.8 Å². The summed E-state index contributed by atoms with van der Waals surface area (Å²) in [4.78, 5) is 0. The Labute approximate surface area is 90.7 Å². The van der Waals surface area contributed by atoms with Gasteiger partial charge >= 0.3 is 0 Å². The third-order valence-corrected chi connectivity index (χ3v) is 3.35. The Morgan fingerprint density at radius 3 is 1.71 bits per heavy atom. The molecule has 0 saturated carbocycles. The van der Waals surface area contributed by atoms with E-state index in [4.69, 9.17) is 0 Å². The summed E-state index contributed by atoms with van der Waals surface area (Å²) in [6, 6.07) is 0.697. The molecule has 1 nitrogen and oxygen atoms in total. The molecule has 0 amide bonds. The second-order valence-corrected chi connectivity index (χ2v) is 5.08. The molecule has 86 valence electrons. The highest BCUT2D eigenvalue weighted by Crippen LogP contribution is 2.15. The van der Waals surface area contributed by atoms with Crippen molar-refractivity contribution in [2.75, 3.05) is 6.54 Å². The lowest BCUT2D eigenvalue weighted by Gasteiger charge is -2.26. The van der Waals surface area contributed by atoms with E-state index >= 15 is 0 Å². The standard InChI is InChI=1S/C13H29N/c1-7-12(10(3)4)9-14-13(8-2)11(5)6/h10-14H,7-9H2,1-6H3. The van der Waals surface area contributed by atoms with Crippen LogP contribution >= 0.6 is 0 Å². The summed E-state index contributed by atoms with van der Waals surface area (Å²) >= 11 is 0. The molecule has 1 N–H and O–H groups in total. The van der Waals surface area contributed by atoms with Crippen LogP contribution in [0, 0.1) is 17.8 Å². The summed E-state index contributed by atoms with van der Waals surface area (Å²) in [7, 11) is 0. The Balaban J connectivity index is 3.88. The average molecular weight is 199 g/mol. The zero-order valence-electron chi connectivity index (χ0n) is 10.9. The molecule has 0 aromatic rings. The second kappa shape index (κ2) is 7.28. The van der Waals surface area contributed by atoms with E-state index in [0.717, 1.165) is 17.8 Å². The zero-order valence-corrected chi connectivity index (χ0v) is 10.9. The monoisotopic (exact) mass is 199 g/mol. The van der Waals surface area contributed by atoms with Gasteiger partial charge in [0.1, 0.15) is 0 Å². The number of hydrogen-bond donors (Lipinski definition) is 1. The van der Waals surface area contributed by atoms with Crippen molar-refractivity contribution in [1.29, 1.82) is 0 Å². The fourth-order valence-corrected chi connectivity index (χ4v) is 2.01. The molecule has 0 saturated heterocycles. The lowest BCUT2D eigenvalue weighted by molar-refractivity contribution is 0.303. The minimum absolute atomic E-state index is 0.697. The minimum atomic E-state index is 0.697. The molecular formula is C13H29N. The van der Waals surface area contributed by atoms with Crippen LogP contribution in [0.2, 0.25) is 0 Å². The van der Waals surface area contributed by atoms with Gasteiger partial charge in [-0.1, -0.05) is 48.0 Å². The Morgan fingerprint density at radius 1 is 0.857 bits per heavy atom. The van der Waals surface area contributed by atoms with Crippen molar-refractivity contribution >= 4 is 0 Å². The highest BCUT2D eigenvalue weighted by atomic mass is 14.9. The van der Waals surface area contributed by atoms with Crippen molar-refractivity contribution < 1.29 is 0 Å². The van der Waals surface area contributed by atoms with E-state index in [0.29, 0.717) is 6.04 Å². The molecule has 14 heavy (non-hydrogen) atoms. The van der Waals surface area contributed by atoms with Crippen LogP contribution in [-0.2, 0) is 0 Å². The Kier molecular flexibility index (Phi) is 7.26. The first-order chi connectivity index (χ1) is 6.52. The van der Waals surface area contributed by atoms with E-state index in [1.54, 1.807) is 0 Å². The highest BCUT2D eigenvalue weighted by molar-refractivity contribution is 4.72. The van der Waals surface area contributed by atoms with Crippen LogP contribution in [0.3, 0.4) is 0 Å². The first kappa shape index (κ1) is 14.0. The predicted octanol–water partition coefficient (Wildman–Crippen LogP) is 3.69. The quantitative estimate of drug-likeness (QED) is 0.659. The molecule has 0 bridgehead atoms. The normalized spacial score (nSPS) is 16.3. The van der Waals surface area contributed by atoms with Crippen LogP contribution in [-0.4, -0.2) is 12.6 Å². The molecular weight excluding hydrogens is 170 g/mol. The van der Waals surface area contributed by atoms with E-state index in [-0.39, 0.29) is 0 Å². The fourth-order valence-electron chi connectivity index (χ4n) is 2.01. The van der Waals surface area contributed by atoms with E-state index in [1.807, 2.05) is 0 Å². The summed E-state index contributed by atoms with van der Waals surface area (Å²) in [6.45, 7) is 15.0. The van der Waals surface area contributed by atoms with Gasteiger partial charge in [-0.3, -0.25) is 0 Å². The van der Waals surface area contributed by atoms with Gasteiger partial charge in [0, 0.05) is 6.04 Å². The van der Waals surface area contributed by atoms with Crippen LogP contribution in [0.1, 0.15) is 54.4 Å². The summed E-state index contributed by atoms with van der Waals surface area (Å²) in [5, 5.41) is 3.70. The fraction of sp³-hybridized carbons (Fsp3) is 1.00. The van der Waals surface area contributed by atoms with Gasteiger partial charge in [0.2, 0.25) is 0 Å². The van der Waals surface area contributed by atoms with E-state index in [2.05, 4.69) is 46.9 Å². The van der Waals surface area contributed by atoms with E-state index in [9.17, 15) is 0 Å². The minimum Gasteiger partial charge on any atom is -0.313 e. The number of nitrogens with one attached hydrogen (secondary N) is 1. The lowest BCUT2D eigenvalue weighted by atomic mass is 9.92. The van der Waals surface area contributed by atoms with Crippen molar-refractivity contribution in [3.63, 3.8) is 0 Å². The Bertz CT molecular complexity index is 113. The van der Waals surface area contributed by atoms with E-state index < -0.39 is 0 Å². The summed E-state index contributed by atoms with van der Waals surface area (Å²) in [6.07, 6.45) is 2.53. The molecule has 2 unspecified atom stereocenters. The molecule has 0 radical (unpaired) electrons. The molecule has 0 aliphatic carbocycles.